The fraction of sp³-hybridized carbons (Fsp3) is 0.929. The molecule has 5 nitrogen and oxygen atoms in total. The van der Waals surface area contributed by atoms with Gasteiger partial charge in [0.15, 0.2) is 0 Å². The highest BCUT2D eigenvalue weighted by atomic mass is 16.2. The summed E-state index contributed by atoms with van der Waals surface area (Å²) in [7, 11) is 0. The molecule has 0 aromatic carbocycles. The van der Waals surface area contributed by atoms with Crippen molar-refractivity contribution in [1.82, 2.24) is 20.4 Å². The first kappa shape index (κ1) is 14.8. The number of rotatable bonds is 3. The van der Waals surface area contributed by atoms with Crippen LogP contribution in [0.3, 0.4) is 0 Å². The summed E-state index contributed by atoms with van der Waals surface area (Å²) in [5, 5.41) is 6.71. The van der Waals surface area contributed by atoms with Gasteiger partial charge in [-0.15, -0.1) is 0 Å². The van der Waals surface area contributed by atoms with Crippen molar-refractivity contribution in [2.75, 3.05) is 39.3 Å². The van der Waals surface area contributed by atoms with Crippen LogP contribution in [0.15, 0.2) is 0 Å². The maximum absolute atomic E-state index is 12.4. The summed E-state index contributed by atoms with van der Waals surface area (Å²) in [6.45, 7) is 12.0. The van der Waals surface area contributed by atoms with Gasteiger partial charge in [0, 0.05) is 51.4 Å². The molecule has 0 bridgehead atoms. The fourth-order valence-electron chi connectivity index (χ4n) is 2.82. The van der Waals surface area contributed by atoms with Gasteiger partial charge in [-0.3, -0.25) is 9.69 Å². The molecule has 2 N–H and O–H groups in total. The fourth-order valence-corrected chi connectivity index (χ4v) is 2.82. The number of hydrogen-bond donors (Lipinski definition) is 2. The van der Waals surface area contributed by atoms with Crippen molar-refractivity contribution in [2.24, 2.45) is 0 Å². The zero-order chi connectivity index (χ0) is 13.8. The molecule has 5 heteroatoms. The Labute approximate surface area is 116 Å². The van der Waals surface area contributed by atoms with Gasteiger partial charge in [-0.05, 0) is 20.3 Å². The Kier molecular flexibility index (Phi) is 5.19. The summed E-state index contributed by atoms with van der Waals surface area (Å²) < 4.78 is 0. The van der Waals surface area contributed by atoms with Crippen molar-refractivity contribution in [3.8, 4) is 0 Å². The van der Waals surface area contributed by atoms with E-state index in [1.165, 1.54) is 6.42 Å². The highest BCUT2D eigenvalue weighted by Gasteiger charge is 2.30. The molecule has 3 atom stereocenters. The van der Waals surface area contributed by atoms with Crippen LogP contribution >= 0.6 is 0 Å². The molecule has 19 heavy (non-hydrogen) atoms. The third kappa shape index (κ3) is 3.68. The molecular weight excluding hydrogens is 240 g/mol. The Morgan fingerprint density at radius 2 is 1.89 bits per heavy atom. The van der Waals surface area contributed by atoms with Gasteiger partial charge in [-0.1, -0.05) is 6.92 Å². The topological polar surface area (TPSA) is 47.6 Å². The second kappa shape index (κ2) is 6.68. The van der Waals surface area contributed by atoms with Crippen LogP contribution < -0.4 is 10.6 Å². The Hall–Kier alpha value is -0.650. The first-order valence-electron chi connectivity index (χ1n) is 7.61. The molecule has 2 heterocycles. The van der Waals surface area contributed by atoms with Gasteiger partial charge in [0.05, 0.1) is 6.04 Å². The summed E-state index contributed by atoms with van der Waals surface area (Å²) in [5.41, 5.74) is 0. The van der Waals surface area contributed by atoms with Crippen LogP contribution in [0.5, 0.6) is 0 Å². The Bertz CT molecular complexity index is 294. The number of carbonyl (C=O) groups excluding carboxylic acids is 1. The lowest BCUT2D eigenvalue weighted by molar-refractivity contribution is -0.135. The maximum atomic E-state index is 12.4. The minimum Gasteiger partial charge on any atom is -0.339 e. The van der Waals surface area contributed by atoms with Gasteiger partial charge in [-0.2, -0.15) is 0 Å². The summed E-state index contributed by atoms with van der Waals surface area (Å²) in [6, 6.07) is 1.06. The highest BCUT2D eigenvalue weighted by molar-refractivity contribution is 5.82. The minimum absolute atomic E-state index is 0.0358. The van der Waals surface area contributed by atoms with Crippen molar-refractivity contribution >= 4 is 5.91 Å². The lowest BCUT2D eigenvalue weighted by atomic mass is 10.1. The molecular formula is C14H28N4O. The summed E-state index contributed by atoms with van der Waals surface area (Å²) in [4.78, 5) is 16.9. The first-order chi connectivity index (χ1) is 9.11. The van der Waals surface area contributed by atoms with Gasteiger partial charge in [-0.25, -0.2) is 0 Å². The standard InChI is InChI=1S/C14H28N4O/c1-4-12(3)17-5-7-18(8-6-17)14(19)13-10-15-11(2)9-16-13/h11-13,15-16H,4-10H2,1-3H3. The smallest absolute Gasteiger partial charge is 0.241 e. The largest absolute Gasteiger partial charge is 0.339 e. The monoisotopic (exact) mass is 268 g/mol. The molecule has 2 aliphatic heterocycles. The van der Waals surface area contributed by atoms with E-state index in [0.29, 0.717) is 12.1 Å². The predicted octanol–water partition coefficient (Wildman–Crippen LogP) is -0.121. The Morgan fingerprint density at radius 3 is 2.42 bits per heavy atom. The number of amides is 1. The number of hydrogen-bond acceptors (Lipinski definition) is 4. The van der Waals surface area contributed by atoms with Crippen molar-refractivity contribution < 1.29 is 4.79 Å². The number of piperazine rings is 2. The predicted molar refractivity (Wildman–Crippen MR) is 77.2 cm³/mol. The lowest BCUT2D eigenvalue weighted by Crippen LogP contribution is -2.62. The van der Waals surface area contributed by atoms with E-state index in [1.807, 2.05) is 4.90 Å². The van der Waals surface area contributed by atoms with Crippen molar-refractivity contribution in [3.63, 3.8) is 0 Å². The van der Waals surface area contributed by atoms with E-state index >= 15 is 0 Å². The Morgan fingerprint density at radius 1 is 1.21 bits per heavy atom. The SMILES string of the molecule is CCC(C)N1CCN(C(=O)C2CNC(C)CN2)CC1. The van der Waals surface area contributed by atoms with Crippen molar-refractivity contribution in [2.45, 2.75) is 45.3 Å². The van der Waals surface area contributed by atoms with Crippen molar-refractivity contribution in [3.05, 3.63) is 0 Å². The average Bonchev–Trinajstić information content (AvgIpc) is 2.46. The molecule has 0 spiro atoms. The van der Waals surface area contributed by atoms with E-state index < -0.39 is 0 Å². The van der Waals surface area contributed by atoms with Gasteiger partial charge in [0.1, 0.15) is 0 Å². The molecule has 110 valence electrons. The molecule has 0 aliphatic carbocycles. The van der Waals surface area contributed by atoms with E-state index in [4.69, 9.17) is 0 Å². The summed E-state index contributed by atoms with van der Waals surface area (Å²) in [5.74, 6) is 0.267. The van der Waals surface area contributed by atoms with Gasteiger partial charge < -0.3 is 15.5 Å². The second-order valence-electron chi connectivity index (χ2n) is 5.89. The zero-order valence-electron chi connectivity index (χ0n) is 12.5. The van der Waals surface area contributed by atoms with Gasteiger partial charge >= 0.3 is 0 Å². The first-order valence-corrected chi connectivity index (χ1v) is 7.61. The number of carbonyl (C=O) groups is 1. The average molecular weight is 268 g/mol. The van der Waals surface area contributed by atoms with Crippen LogP contribution in [-0.2, 0) is 4.79 Å². The quantitative estimate of drug-likeness (QED) is 0.749. The minimum atomic E-state index is -0.0358. The molecule has 0 aromatic rings. The van der Waals surface area contributed by atoms with Crippen LogP contribution in [0, 0.1) is 0 Å². The summed E-state index contributed by atoms with van der Waals surface area (Å²) >= 11 is 0. The van der Waals surface area contributed by atoms with Crippen LogP contribution in [0.1, 0.15) is 27.2 Å². The van der Waals surface area contributed by atoms with Crippen LogP contribution in [-0.4, -0.2) is 73.1 Å². The van der Waals surface area contributed by atoms with Gasteiger partial charge in [0.25, 0.3) is 0 Å². The van der Waals surface area contributed by atoms with E-state index in [-0.39, 0.29) is 11.9 Å². The van der Waals surface area contributed by atoms with E-state index in [1.54, 1.807) is 0 Å². The normalized spacial score (nSPS) is 31.2. The van der Waals surface area contributed by atoms with Crippen molar-refractivity contribution in [1.29, 1.82) is 0 Å². The van der Waals surface area contributed by atoms with E-state index in [0.717, 1.165) is 39.3 Å². The van der Waals surface area contributed by atoms with E-state index in [2.05, 4.69) is 36.3 Å². The molecule has 2 saturated heterocycles. The molecule has 2 rings (SSSR count). The highest BCUT2D eigenvalue weighted by Crippen LogP contribution is 2.10. The molecule has 2 fully saturated rings. The molecule has 0 saturated carbocycles. The third-order valence-electron chi connectivity index (χ3n) is 4.48. The van der Waals surface area contributed by atoms with Crippen LogP contribution in [0.4, 0.5) is 0 Å². The molecule has 0 radical (unpaired) electrons. The van der Waals surface area contributed by atoms with Gasteiger partial charge in [0.2, 0.25) is 5.91 Å². The van der Waals surface area contributed by atoms with Crippen LogP contribution in [0.2, 0.25) is 0 Å². The third-order valence-corrected chi connectivity index (χ3v) is 4.48. The zero-order valence-corrected chi connectivity index (χ0v) is 12.5. The number of nitrogens with zero attached hydrogens (tertiary/aromatic N) is 2. The number of nitrogens with one attached hydrogen (secondary N) is 2. The molecule has 1 amide bonds. The summed E-state index contributed by atoms with van der Waals surface area (Å²) in [6.07, 6.45) is 1.18. The Balaban J connectivity index is 1.79. The van der Waals surface area contributed by atoms with Crippen LogP contribution in [0.25, 0.3) is 0 Å². The second-order valence-corrected chi connectivity index (χ2v) is 5.89. The maximum Gasteiger partial charge on any atom is 0.241 e. The van der Waals surface area contributed by atoms with E-state index in [9.17, 15) is 4.79 Å². The molecule has 0 aromatic heterocycles. The molecule has 3 unspecified atom stereocenters. The molecule has 2 aliphatic rings. The lowest BCUT2D eigenvalue weighted by Gasteiger charge is -2.40.